The summed E-state index contributed by atoms with van der Waals surface area (Å²) in [6.45, 7) is 1.15. The van der Waals surface area contributed by atoms with Gasteiger partial charge < -0.3 is 10.8 Å². The summed E-state index contributed by atoms with van der Waals surface area (Å²) in [4.78, 5) is 0. The van der Waals surface area contributed by atoms with Crippen LogP contribution in [0.2, 0.25) is 0 Å². The zero-order chi connectivity index (χ0) is 20.9. The SMILES string of the molecule is NCc1ccc(-c2nn(CC3CCCCC3)c(CCO)c2-c2ccccc2)c(F)c1. The van der Waals surface area contributed by atoms with Gasteiger partial charge in [0.05, 0.1) is 0 Å². The third kappa shape index (κ3) is 4.32. The predicted molar refractivity (Wildman–Crippen MR) is 118 cm³/mol. The summed E-state index contributed by atoms with van der Waals surface area (Å²) in [5, 5.41) is 14.7. The largest absolute Gasteiger partial charge is 0.396 e. The van der Waals surface area contributed by atoms with Crippen LogP contribution in [0.25, 0.3) is 22.4 Å². The molecule has 0 spiro atoms. The maximum absolute atomic E-state index is 15.0. The third-order valence-electron chi connectivity index (χ3n) is 6.15. The van der Waals surface area contributed by atoms with Gasteiger partial charge in [0, 0.05) is 42.9 Å². The lowest BCUT2D eigenvalue weighted by Gasteiger charge is -2.22. The van der Waals surface area contributed by atoms with E-state index in [0.717, 1.165) is 28.9 Å². The lowest BCUT2D eigenvalue weighted by atomic mass is 9.89. The molecule has 0 bridgehead atoms. The fourth-order valence-corrected chi connectivity index (χ4v) is 4.60. The molecule has 0 atom stereocenters. The Labute approximate surface area is 177 Å². The van der Waals surface area contributed by atoms with Crippen LogP contribution in [0.1, 0.15) is 43.4 Å². The van der Waals surface area contributed by atoms with E-state index in [0.29, 0.717) is 30.1 Å². The fraction of sp³-hybridized carbons (Fsp3) is 0.400. The Hall–Kier alpha value is -2.50. The molecule has 1 aliphatic carbocycles. The molecule has 30 heavy (non-hydrogen) atoms. The summed E-state index contributed by atoms with van der Waals surface area (Å²) in [5.41, 5.74) is 10.5. The zero-order valence-electron chi connectivity index (χ0n) is 17.4. The van der Waals surface area contributed by atoms with Crippen molar-refractivity contribution in [1.82, 2.24) is 9.78 Å². The molecule has 1 saturated carbocycles. The summed E-state index contributed by atoms with van der Waals surface area (Å²) < 4.78 is 17.1. The van der Waals surface area contributed by atoms with Crippen molar-refractivity contribution in [3.05, 3.63) is 65.6 Å². The number of aliphatic hydroxyl groups excluding tert-OH is 1. The molecule has 1 aromatic heterocycles. The molecule has 4 nitrogen and oxygen atoms in total. The van der Waals surface area contributed by atoms with Crippen LogP contribution >= 0.6 is 0 Å². The molecule has 0 radical (unpaired) electrons. The molecule has 3 aromatic rings. The monoisotopic (exact) mass is 407 g/mol. The Morgan fingerprint density at radius 2 is 1.83 bits per heavy atom. The first kappa shape index (κ1) is 20.8. The first-order chi connectivity index (χ1) is 14.7. The van der Waals surface area contributed by atoms with E-state index in [2.05, 4.69) is 0 Å². The summed E-state index contributed by atoms with van der Waals surface area (Å²) >= 11 is 0. The van der Waals surface area contributed by atoms with Crippen molar-refractivity contribution < 1.29 is 9.50 Å². The number of aliphatic hydroxyl groups is 1. The fourth-order valence-electron chi connectivity index (χ4n) is 4.60. The average molecular weight is 408 g/mol. The summed E-state index contributed by atoms with van der Waals surface area (Å²) in [6.07, 6.45) is 6.72. The number of halogens is 1. The van der Waals surface area contributed by atoms with Crippen LogP contribution in [0, 0.1) is 11.7 Å². The lowest BCUT2D eigenvalue weighted by Crippen LogP contribution is -2.17. The van der Waals surface area contributed by atoms with E-state index in [1.165, 1.54) is 38.2 Å². The maximum atomic E-state index is 15.0. The van der Waals surface area contributed by atoms with Gasteiger partial charge in [0.1, 0.15) is 11.5 Å². The molecule has 0 unspecified atom stereocenters. The number of nitrogens with zero attached hydrogens (tertiary/aromatic N) is 2. The van der Waals surface area contributed by atoms with Crippen molar-refractivity contribution in [1.29, 1.82) is 0 Å². The molecule has 5 heteroatoms. The van der Waals surface area contributed by atoms with Crippen LogP contribution in [-0.2, 0) is 19.5 Å². The van der Waals surface area contributed by atoms with Gasteiger partial charge in [-0.05, 0) is 42.0 Å². The summed E-state index contributed by atoms with van der Waals surface area (Å²) in [5.74, 6) is 0.269. The van der Waals surface area contributed by atoms with E-state index < -0.39 is 0 Å². The Kier molecular flexibility index (Phi) is 6.60. The normalized spacial score (nSPS) is 14.9. The van der Waals surface area contributed by atoms with Crippen molar-refractivity contribution in [2.24, 2.45) is 11.7 Å². The molecular formula is C25H30FN3O. The van der Waals surface area contributed by atoms with Crippen molar-refractivity contribution in [3.8, 4) is 22.4 Å². The molecule has 1 heterocycles. The standard InChI is InChI=1S/C25H30FN3O/c26-22-15-19(16-27)11-12-21(22)25-24(20-9-5-2-6-10-20)23(13-14-30)29(28-25)17-18-7-3-1-4-8-18/h2,5-6,9-12,15,18,30H,1,3-4,7-8,13-14,16-17,27H2. The first-order valence-electron chi connectivity index (χ1n) is 11.0. The second kappa shape index (κ2) is 9.54. The molecule has 0 aliphatic heterocycles. The van der Waals surface area contributed by atoms with Crippen LogP contribution in [-0.4, -0.2) is 21.5 Å². The van der Waals surface area contributed by atoms with E-state index in [9.17, 15) is 5.11 Å². The van der Waals surface area contributed by atoms with Crippen molar-refractivity contribution in [3.63, 3.8) is 0 Å². The van der Waals surface area contributed by atoms with E-state index >= 15 is 4.39 Å². The Balaban J connectivity index is 1.86. The van der Waals surface area contributed by atoms with Crippen LogP contribution in [0.4, 0.5) is 4.39 Å². The number of aromatic nitrogens is 2. The number of nitrogens with two attached hydrogens (primary N) is 1. The van der Waals surface area contributed by atoms with Gasteiger partial charge in [0.15, 0.2) is 0 Å². The minimum Gasteiger partial charge on any atom is -0.396 e. The molecule has 1 fully saturated rings. The van der Waals surface area contributed by atoms with Gasteiger partial charge in [-0.1, -0.05) is 55.7 Å². The third-order valence-corrected chi connectivity index (χ3v) is 6.15. The molecule has 4 rings (SSSR count). The Morgan fingerprint density at radius 1 is 1.07 bits per heavy atom. The first-order valence-corrected chi connectivity index (χ1v) is 11.0. The minimum atomic E-state index is -0.312. The molecule has 1 aliphatic rings. The van der Waals surface area contributed by atoms with Crippen LogP contribution in [0.15, 0.2) is 48.5 Å². The van der Waals surface area contributed by atoms with E-state index in [1.54, 1.807) is 6.07 Å². The van der Waals surface area contributed by atoms with Crippen LogP contribution in [0.3, 0.4) is 0 Å². The highest BCUT2D eigenvalue weighted by Gasteiger charge is 2.24. The van der Waals surface area contributed by atoms with Gasteiger partial charge in [-0.3, -0.25) is 4.68 Å². The second-order valence-corrected chi connectivity index (χ2v) is 8.21. The Morgan fingerprint density at radius 3 is 2.50 bits per heavy atom. The molecular weight excluding hydrogens is 377 g/mol. The lowest BCUT2D eigenvalue weighted by molar-refractivity contribution is 0.282. The van der Waals surface area contributed by atoms with Crippen LogP contribution < -0.4 is 5.73 Å². The number of hydrogen-bond acceptors (Lipinski definition) is 3. The van der Waals surface area contributed by atoms with Gasteiger partial charge >= 0.3 is 0 Å². The second-order valence-electron chi connectivity index (χ2n) is 8.21. The minimum absolute atomic E-state index is 0.0320. The van der Waals surface area contributed by atoms with Gasteiger partial charge in [-0.15, -0.1) is 0 Å². The topological polar surface area (TPSA) is 64.1 Å². The smallest absolute Gasteiger partial charge is 0.133 e. The highest BCUT2D eigenvalue weighted by molar-refractivity contribution is 5.83. The van der Waals surface area contributed by atoms with E-state index in [1.807, 2.05) is 41.1 Å². The highest BCUT2D eigenvalue weighted by Crippen LogP contribution is 2.37. The summed E-state index contributed by atoms with van der Waals surface area (Å²) in [7, 11) is 0. The predicted octanol–water partition coefficient (Wildman–Crippen LogP) is 4.93. The number of rotatable bonds is 7. The molecule has 2 aromatic carbocycles. The maximum Gasteiger partial charge on any atom is 0.133 e. The van der Waals surface area contributed by atoms with Crippen molar-refractivity contribution in [2.75, 3.05) is 6.61 Å². The van der Waals surface area contributed by atoms with Gasteiger partial charge in [0.2, 0.25) is 0 Å². The van der Waals surface area contributed by atoms with Gasteiger partial charge in [0.25, 0.3) is 0 Å². The molecule has 0 amide bonds. The van der Waals surface area contributed by atoms with Crippen molar-refractivity contribution >= 4 is 0 Å². The quantitative estimate of drug-likeness (QED) is 0.584. The van der Waals surface area contributed by atoms with Gasteiger partial charge in [-0.25, -0.2) is 4.39 Å². The molecule has 158 valence electrons. The average Bonchev–Trinajstić information content (AvgIpc) is 3.12. The number of hydrogen-bond donors (Lipinski definition) is 2. The number of benzene rings is 2. The van der Waals surface area contributed by atoms with E-state index in [4.69, 9.17) is 10.8 Å². The molecule has 0 saturated heterocycles. The Bertz CT molecular complexity index is 978. The van der Waals surface area contributed by atoms with Crippen molar-refractivity contribution in [2.45, 2.75) is 51.6 Å². The summed E-state index contributed by atoms with van der Waals surface area (Å²) in [6, 6.07) is 15.1. The zero-order valence-corrected chi connectivity index (χ0v) is 17.4. The van der Waals surface area contributed by atoms with E-state index in [-0.39, 0.29) is 12.4 Å². The highest BCUT2D eigenvalue weighted by atomic mass is 19.1. The van der Waals surface area contributed by atoms with Gasteiger partial charge in [-0.2, -0.15) is 5.10 Å². The van der Waals surface area contributed by atoms with Crippen LogP contribution in [0.5, 0.6) is 0 Å². The molecule has 3 N–H and O–H groups in total.